The standard InChI is InChI=1S/C27H28N2O5/c1-16-6-7-18(29(31)32)12-24(16)34-15-22-20(21-9-8-19(30)13-25(21)33-5)10-11-23-26(22)17(2)14-27(3,4)28-23/h6-14,28,30H,15H2,1-5H3. The molecule has 2 N–H and O–H groups in total. The molecule has 0 spiro atoms. The SMILES string of the molecule is COc1cc(O)ccc1-c1ccc2c(c1COc1cc([N+](=O)[O-])ccc1C)C(C)=CC(C)(C)N2. The number of aryl methyl sites for hydroxylation is 1. The lowest BCUT2D eigenvalue weighted by Crippen LogP contribution is -2.32. The smallest absolute Gasteiger partial charge is 0.273 e. The van der Waals surface area contributed by atoms with Crippen LogP contribution in [0.4, 0.5) is 11.4 Å². The third kappa shape index (κ3) is 4.41. The van der Waals surface area contributed by atoms with Gasteiger partial charge in [0.15, 0.2) is 0 Å². The van der Waals surface area contributed by atoms with E-state index in [1.807, 2.05) is 25.1 Å². The summed E-state index contributed by atoms with van der Waals surface area (Å²) < 4.78 is 11.7. The second kappa shape index (κ2) is 8.74. The van der Waals surface area contributed by atoms with E-state index in [4.69, 9.17) is 9.47 Å². The van der Waals surface area contributed by atoms with Crippen molar-refractivity contribution < 1.29 is 19.5 Å². The molecule has 0 unspecified atom stereocenters. The maximum absolute atomic E-state index is 11.3. The van der Waals surface area contributed by atoms with Crippen LogP contribution in [0, 0.1) is 17.0 Å². The van der Waals surface area contributed by atoms with Crippen LogP contribution in [0.1, 0.15) is 37.5 Å². The first-order valence-corrected chi connectivity index (χ1v) is 11.0. The van der Waals surface area contributed by atoms with E-state index in [1.165, 1.54) is 12.1 Å². The Morgan fingerprint density at radius 3 is 2.47 bits per heavy atom. The van der Waals surface area contributed by atoms with Crippen molar-refractivity contribution in [1.29, 1.82) is 0 Å². The molecule has 4 rings (SSSR count). The van der Waals surface area contributed by atoms with Gasteiger partial charge in [-0.3, -0.25) is 10.1 Å². The van der Waals surface area contributed by atoms with Gasteiger partial charge in [-0.2, -0.15) is 0 Å². The quantitative estimate of drug-likeness (QED) is 0.323. The first-order chi connectivity index (χ1) is 16.1. The molecule has 0 saturated carbocycles. The van der Waals surface area contributed by atoms with E-state index in [2.05, 4.69) is 32.2 Å². The number of ether oxygens (including phenoxy) is 2. The van der Waals surface area contributed by atoms with Gasteiger partial charge in [0.05, 0.1) is 23.6 Å². The molecule has 0 radical (unpaired) electrons. The summed E-state index contributed by atoms with van der Waals surface area (Å²) in [5, 5.41) is 24.8. The topological polar surface area (TPSA) is 93.9 Å². The summed E-state index contributed by atoms with van der Waals surface area (Å²) in [6.45, 7) is 8.34. The van der Waals surface area contributed by atoms with Crippen LogP contribution in [0.2, 0.25) is 0 Å². The van der Waals surface area contributed by atoms with Crippen LogP contribution in [0.15, 0.2) is 54.6 Å². The van der Waals surface area contributed by atoms with Crippen molar-refractivity contribution in [2.45, 2.75) is 39.8 Å². The number of benzene rings is 3. The number of fused-ring (bicyclic) bond motifs is 1. The molecule has 176 valence electrons. The van der Waals surface area contributed by atoms with Crippen molar-refractivity contribution in [3.63, 3.8) is 0 Å². The minimum absolute atomic E-state index is 0.0180. The van der Waals surface area contributed by atoms with Gasteiger partial charge in [0.25, 0.3) is 5.69 Å². The molecule has 0 atom stereocenters. The fraction of sp³-hybridized carbons (Fsp3) is 0.259. The molecule has 0 aliphatic carbocycles. The largest absolute Gasteiger partial charge is 0.508 e. The first-order valence-electron chi connectivity index (χ1n) is 11.0. The molecule has 1 aliphatic rings. The summed E-state index contributed by atoms with van der Waals surface area (Å²) in [5.41, 5.74) is 6.33. The van der Waals surface area contributed by atoms with Crippen LogP contribution in [-0.2, 0) is 6.61 Å². The number of phenolic OH excluding ortho intramolecular Hbond substituents is 1. The van der Waals surface area contributed by atoms with E-state index < -0.39 is 4.92 Å². The van der Waals surface area contributed by atoms with Gasteiger partial charge in [-0.1, -0.05) is 12.1 Å². The van der Waals surface area contributed by atoms with Gasteiger partial charge in [-0.25, -0.2) is 0 Å². The van der Waals surface area contributed by atoms with Crippen molar-refractivity contribution in [3.8, 4) is 28.4 Å². The Morgan fingerprint density at radius 2 is 1.76 bits per heavy atom. The van der Waals surface area contributed by atoms with Crippen molar-refractivity contribution in [3.05, 3.63) is 81.4 Å². The van der Waals surface area contributed by atoms with Crippen LogP contribution >= 0.6 is 0 Å². The lowest BCUT2D eigenvalue weighted by molar-refractivity contribution is -0.385. The molecule has 3 aromatic rings. The Labute approximate surface area is 198 Å². The number of anilines is 1. The Morgan fingerprint density at radius 1 is 1.03 bits per heavy atom. The Balaban J connectivity index is 1.86. The number of hydrogen-bond acceptors (Lipinski definition) is 6. The molecule has 0 saturated heterocycles. The normalized spacial score (nSPS) is 14.0. The zero-order valence-corrected chi connectivity index (χ0v) is 19.9. The first kappa shape index (κ1) is 23.2. The van der Waals surface area contributed by atoms with Crippen LogP contribution in [0.3, 0.4) is 0 Å². The lowest BCUT2D eigenvalue weighted by Gasteiger charge is -2.33. The summed E-state index contributed by atoms with van der Waals surface area (Å²) in [6.07, 6.45) is 2.18. The van der Waals surface area contributed by atoms with Gasteiger partial charge in [0.1, 0.15) is 23.9 Å². The fourth-order valence-electron chi connectivity index (χ4n) is 4.51. The number of allylic oxidation sites excluding steroid dienone is 1. The average molecular weight is 461 g/mol. The molecule has 1 heterocycles. The molecule has 0 bridgehead atoms. The highest BCUT2D eigenvalue weighted by Crippen LogP contribution is 2.43. The van der Waals surface area contributed by atoms with E-state index >= 15 is 0 Å². The highest BCUT2D eigenvalue weighted by molar-refractivity contribution is 5.88. The number of non-ortho nitro benzene ring substituents is 1. The molecule has 0 fully saturated rings. The van der Waals surface area contributed by atoms with Crippen molar-refractivity contribution in [2.24, 2.45) is 0 Å². The molecular weight excluding hydrogens is 432 g/mol. The van der Waals surface area contributed by atoms with Gasteiger partial charge in [-0.05, 0) is 68.7 Å². The van der Waals surface area contributed by atoms with Crippen molar-refractivity contribution in [2.75, 3.05) is 12.4 Å². The highest BCUT2D eigenvalue weighted by atomic mass is 16.6. The summed E-state index contributed by atoms with van der Waals surface area (Å²) in [4.78, 5) is 10.8. The van der Waals surface area contributed by atoms with E-state index in [9.17, 15) is 15.2 Å². The van der Waals surface area contributed by atoms with Gasteiger partial charge in [-0.15, -0.1) is 0 Å². The van der Waals surface area contributed by atoms with E-state index in [0.29, 0.717) is 11.5 Å². The van der Waals surface area contributed by atoms with Crippen LogP contribution in [0.25, 0.3) is 16.7 Å². The minimum atomic E-state index is -0.428. The zero-order chi connectivity index (χ0) is 24.6. The molecule has 1 aliphatic heterocycles. The lowest BCUT2D eigenvalue weighted by atomic mass is 9.85. The number of nitrogens with one attached hydrogen (secondary N) is 1. The molecule has 0 amide bonds. The Hall–Kier alpha value is -4.00. The maximum atomic E-state index is 11.3. The summed E-state index contributed by atoms with van der Waals surface area (Å²) in [5.74, 6) is 1.11. The average Bonchev–Trinajstić information content (AvgIpc) is 2.77. The van der Waals surface area contributed by atoms with Gasteiger partial charge < -0.3 is 19.9 Å². The number of aromatic hydroxyl groups is 1. The number of rotatable bonds is 6. The minimum Gasteiger partial charge on any atom is -0.508 e. The second-order valence-corrected chi connectivity index (χ2v) is 9.07. The number of phenols is 1. The molecular formula is C27H28N2O5. The van der Waals surface area contributed by atoms with Gasteiger partial charge in [0, 0.05) is 34.5 Å². The summed E-state index contributed by atoms with van der Waals surface area (Å²) >= 11 is 0. The third-order valence-corrected chi connectivity index (χ3v) is 5.97. The molecule has 7 nitrogen and oxygen atoms in total. The van der Waals surface area contributed by atoms with Crippen molar-refractivity contribution in [1.82, 2.24) is 0 Å². The fourth-order valence-corrected chi connectivity index (χ4v) is 4.51. The molecule has 34 heavy (non-hydrogen) atoms. The summed E-state index contributed by atoms with van der Waals surface area (Å²) in [7, 11) is 1.56. The van der Waals surface area contributed by atoms with E-state index in [1.54, 1.807) is 25.3 Å². The van der Waals surface area contributed by atoms with Crippen LogP contribution < -0.4 is 14.8 Å². The van der Waals surface area contributed by atoms with Gasteiger partial charge in [0.2, 0.25) is 0 Å². The monoisotopic (exact) mass is 460 g/mol. The maximum Gasteiger partial charge on any atom is 0.273 e. The van der Waals surface area contributed by atoms with E-state index in [0.717, 1.165) is 39.1 Å². The number of hydrogen-bond donors (Lipinski definition) is 2. The molecule has 0 aromatic heterocycles. The molecule has 7 heteroatoms. The van der Waals surface area contributed by atoms with Gasteiger partial charge >= 0.3 is 0 Å². The number of nitro benzene ring substituents is 1. The predicted molar refractivity (Wildman–Crippen MR) is 134 cm³/mol. The third-order valence-electron chi connectivity index (χ3n) is 5.97. The van der Waals surface area contributed by atoms with Crippen LogP contribution in [-0.4, -0.2) is 22.7 Å². The number of nitro groups is 1. The Kier molecular flexibility index (Phi) is 5.96. The van der Waals surface area contributed by atoms with Crippen LogP contribution in [0.5, 0.6) is 17.2 Å². The highest BCUT2D eigenvalue weighted by Gasteiger charge is 2.27. The number of nitrogens with zero attached hydrogens (tertiary/aromatic N) is 1. The molecule has 3 aromatic carbocycles. The van der Waals surface area contributed by atoms with Crippen molar-refractivity contribution >= 4 is 16.9 Å². The Bertz CT molecular complexity index is 1310. The van der Waals surface area contributed by atoms with E-state index in [-0.39, 0.29) is 23.6 Å². The predicted octanol–water partition coefficient (Wildman–Crippen LogP) is 6.47. The second-order valence-electron chi connectivity index (χ2n) is 9.07. The summed E-state index contributed by atoms with van der Waals surface area (Å²) in [6, 6.07) is 13.7. The zero-order valence-electron chi connectivity index (χ0n) is 19.9. The number of methoxy groups -OCH3 is 1.